The molecule has 0 aliphatic carbocycles. The van der Waals surface area contributed by atoms with Crippen molar-refractivity contribution in [1.29, 1.82) is 0 Å². The average Bonchev–Trinajstić information content (AvgIpc) is 2.24. The fraction of sp³-hybridized carbons (Fsp3) is 0.308. The molecule has 1 unspecified atom stereocenters. The van der Waals surface area contributed by atoms with Crippen LogP contribution in [0, 0.1) is 6.92 Å². The second-order valence-corrected chi connectivity index (χ2v) is 5.67. The summed E-state index contributed by atoms with van der Waals surface area (Å²) in [4.78, 5) is 4.43. The SMILES string of the molecule is Cc1cc(CC(C)N)c2c(Cl)c(Cl)cc(Cl)c2n1. The second kappa shape index (κ2) is 5.22. The van der Waals surface area contributed by atoms with Gasteiger partial charge in [-0.05, 0) is 38.0 Å². The van der Waals surface area contributed by atoms with E-state index >= 15 is 0 Å². The summed E-state index contributed by atoms with van der Waals surface area (Å²) in [6, 6.07) is 3.63. The number of aromatic nitrogens is 1. The molecule has 2 nitrogen and oxygen atoms in total. The molecule has 2 N–H and O–H groups in total. The molecule has 0 radical (unpaired) electrons. The summed E-state index contributed by atoms with van der Waals surface area (Å²) < 4.78 is 0. The summed E-state index contributed by atoms with van der Waals surface area (Å²) in [5.41, 5.74) is 8.46. The zero-order valence-electron chi connectivity index (χ0n) is 10.1. The van der Waals surface area contributed by atoms with E-state index in [-0.39, 0.29) is 6.04 Å². The Balaban J connectivity index is 2.84. The topological polar surface area (TPSA) is 38.9 Å². The summed E-state index contributed by atoms with van der Waals surface area (Å²) >= 11 is 18.5. The third kappa shape index (κ3) is 2.57. The Morgan fingerprint density at radius 3 is 2.50 bits per heavy atom. The number of nitrogens with two attached hydrogens (primary N) is 1. The maximum Gasteiger partial charge on any atom is 0.0910 e. The Morgan fingerprint density at radius 2 is 1.89 bits per heavy atom. The highest BCUT2D eigenvalue weighted by molar-refractivity contribution is 6.47. The van der Waals surface area contributed by atoms with Gasteiger partial charge in [-0.3, -0.25) is 4.98 Å². The Labute approximate surface area is 121 Å². The molecule has 0 bridgehead atoms. The second-order valence-electron chi connectivity index (χ2n) is 4.48. The molecule has 2 aromatic rings. The highest BCUT2D eigenvalue weighted by Crippen LogP contribution is 2.37. The van der Waals surface area contributed by atoms with Gasteiger partial charge in [-0.2, -0.15) is 0 Å². The van der Waals surface area contributed by atoms with Crippen LogP contribution in [-0.2, 0) is 6.42 Å². The van der Waals surface area contributed by atoms with E-state index in [4.69, 9.17) is 40.5 Å². The van der Waals surface area contributed by atoms with Gasteiger partial charge in [-0.1, -0.05) is 34.8 Å². The molecule has 1 aromatic carbocycles. The minimum atomic E-state index is 0.0313. The lowest BCUT2D eigenvalue weighted by atomic mass is 10.0. The smallest absolute Gasteiger partial charge is 0.0910 e. The van der Waals surface area contributed by atoms with Gasteiger partial charge in [0.2, 0.25) is 0 Å². The number of pyridine rings is 1. The normalized spacial score (nSPS) is 13.0. The zero-order chi connectivity index (χ0) is 13.4. The molecule has 5 heteroatoms. The van der Waals surface area contributed by atoms with Crippen molar-refractivity contribution in [3.63, 3.8) is 0 Å². The summed E-state index contributed by atoms with van der Waals surface area (Å²) in [5.74, 6) is 0. The van der Waals surface area contributed by atoms with Crippen molar-refractivity contribution in [3.8, 4) is 0 Å². The Morgan fingerprint density at radius 1 is 1.22 bits per heavy atom. The van der Waals surface area contributed by atoms with Gasteiger partial charge in [0.05, 0.1) is 20.6 Å². The molecule has 1 aromatic heterocycles. The number of aryl methyl sites for hydroxylation is 1. The number of nitrogens with zero attached hydrogens (tertiary/aromatic N) is 1. The van der Waals surface area contributed by atoms with E-state index in [1.165, 1.54) is 0 Å². The molecule has 0 saturated carbocycles. The highest BCUT2D eigenvalue weighted by Gasteiger charge is 2.15. The minimum absolute atomic E-state index is 0.0313. The highest BCUT2D eigenvalue weighted by atomic mass is 35.5. The molecule has 0 aliphatic rings. The number of hydrogen-bond acceptors (Lipinski definition) is 2. The van der Waals surface area contributed by atoms with Gasteiger partial charge < -0.3 is 5.73 Å². The molecular formula is C13H13Cl3N2. The van der Waals surface area contributed by atoms with E-state index < -0.39 is 0 Å². The third-order valence-corrected chi connectivity index (χ3v) is 3.76. The predicted octanol–water partition coefficient (Wildman–Crippen LogP) is 4.39. The van der Waals surface area contributed by atoms with E-state index in [1.807, 2.05) is 19.9 Å². The van der Waals surface area contributed by atoms with Crippen molar-refractivity contribution in [1.82, 2.24) is 4.98 Å². The molecule has 2 rings (SSSR count). The van der Waals surface area contributed by atoms with Crippen molar-refractivity contribution >= 4 is 45.7 Å². The van der Waals surface area contributed by atoms with E-state index in [0.717, 1.165) is 16.6 Å². The van der Waals surface area contributed by atoms with Crippen LogP contribution in [0.3, 0.4) is 0 Å². The lowest BCUT2D eigenvalue weighted by molar-refractivity contribution is 0.740. The molecule has 18 heavy (non-hydrogen) atoms. The van der Waals surface area contributed by atoms with Crippen LogP contribution in [-0.4, -0.2) is 11.0 Å². The average molecular weight is 304 g/mol. The number of rotatable bonds is 2. The Kier molecular flexibility index (Phi) is 4.02. The molecule has 1 atom stereocenters. The Hall–Kier alpha value is -0.540. The van der Waals surface area contributed by atoms with E-state index in [2.05, 4.69) is 4.98 Å². The summed E-state index contributed by atoms with van der Waals surface area (Å²) in [5, 5.41) is 2.23. The van der Waals surface area contributed by atoms with Crippen molar-refractivity contribution in [2.45, 2.75) is 26.3 Å². The van der Waals surface area contributed by atoms with Crippen LogP contribution in [0.2, 0.25) is 15.1 Å². The van der Waals surface area contributed by atoms with Crippen LogP contribution in [0.15, 0.2) is 12.1 Å². The van der Waals surface area contributed by atoms with Gasteiger partial charge in [0.15, 0.2) is 0 Å². The molecule has 1 heterocycles. The summed E-state index contributed by atoms with van der Waals surface area (Å²) in [7, 11) is 0. The van der Waals surface area contributed by atoms with E-state index in [1.54, 1.807) is 6.07 Å². The minimum Gasteiger partial charge on any atom is -0.328 e. The number of hydrogen-bond donors (Lipinski definition) is 1. The number of fused-ring (bicyclic) bond motifs is 1. The largest absolute Gasteiger partial charge is 0.328 e. The maximum absolute atomic E-state index is 6.27. The van der Waals surface area contributed by atoms with Crippen LogP contribution in [0.1, 0.15) is 18.2 Å². The Bertz CT molecular complexity index is 609. The first-order chi connectivity index (χ1) is 8.40. The lowest BCUT2D eigenvalue weighted by Crippen LogP contribution is -2.18. The fourth-order valence-electron chi connectivity index (χ4n) is 2.03. The van der Waals surface area contributed by atoms with Gasteiger partial charge in [-0.25, -0.2) is 0 Å². The van der Waals surface area contributed by atoms with Gasteiger partial charge in [0.25, 0.3) is 0 Å². The van der Waals surface area contributed by atoms with Crippen LogP contribution < -0.4 is 5.73 Å². The van der Waals surface area contributed by atoms with Crippen LogP contribution in [0.5, 0.6) is 0 Å². The first-order valence-electron chi connectivity index (χ1n) is 5.59. The molecule has 0 fully saturated rings. The van der Waals surface area contributed by atoms with E-state index in [0.29, 0.717) is 27.0 Å². The van der Waals surface area contributed by atoms with Gasteiger partial charge in [0.1, 0.15) is 0 Å². The van der Waals surface area contributed by atoms with Crippen molar-refractivity contribution in [2.24, 2.45) is 5.73 Å². The molecule has 0 saturated heterocycles. The van der Waals surface area contributed by atoms with Crippen LogP contribution >= 0.6 is 34.8 Å². The molecule has 0 spiro atoms. The standard InChI is InChI=1S/C13H13Cl3N2/c1-6(17)3-8-4-7(2)18-13-10(15)5-9(14)12(16)11(8)13/h4-6H,3,17H2,1-2H3. The molecule has 96 valence electrons. The lowest BCUT2D eigenvalue weighted by Gasteiger charge is -2.13. The monoisotopic (exact) mass is 302 g/mol. The molecule has 0 aliphatic heterocycles. The molecular weight excluding hydrogens is 291 g/mol. The quantitative estimate of drug-likeness (QED) is 0.836. The van der Waals surface area contributed by atoms with Gasteiger partial charge in [0, 0.05) is 17.1 Å². The molecule has 0 amide bonds. The van der Waals surface area contributed by atoms with Gasteiger partial charge >= 0.3 is 0 Å². The van der Waals surface area contributed by atoms with Crippen molar-refractivity contribution in [2.75, 3.05) is 0 Å². The van der Waals surface area contributed by atoms with Crippen LogP contribution in [0.4, 0.5) is 0 Å². The summed E-state index contributed by atoms with van der Waals surface area (Å²) in [6.45, 7) is 3.87. The summed E-state index contributed by atoms with van der Waals surface area (Å²) in [6.07, 6.45) is 0.705. The first-order valence-corrected chi connectivity index (χ1v) is 6.73. The predicted molar refractivity (Wildman–Crippen MR) is 78.9 cm³/mol. The van der Waals surface area contributed by atoms with Crippen molar-refractivity contribution < 1.29 is 0 Å². The number of benzene rings is 1. The third-order valence-electron chi connectivity index (χ3n) is 2.68. The zero-order valence-corrected chi connectivity index (χ0v) is 12.4. The van der Waals surface area contributed by atoms with E-state index in [9.17, 15) is 0 Å². The van der Waals surface area contributed by atoms with Gasteiger partial charge in [-0.15, -0.1) is 0 Å². The van der Waals surface area contributed by atoms with Crippen LogP contribution in [0.25, 0.3) is 10.9 Å². The maximum atomic E-state index is 6.27. The number of halogens is 3. The first kappa shape index (κ1) is 13.9. The fourth-order valence-corrected chi connectivity index (χ4v) is 2.80. The van der Waals surface area contributed by atoms with Crippen molar-refractivity contribution in [3.05, 3.63) is 38.5 Å².